The minimum atomic E-state index is -3.33. The van der Waals surface area contributed by atoms with Gasteiger partial charge in [-0.05, 0) is 30.3 Å². The molecule has 1 aliphatic heterocycles. The van der Waals surface area contributed by atoms with Crippen molar-refractivity contribution in [1.29, 1.82) is 0 Å². The number of amidine groups is 1. The summed E-state index contributed by atoms with van der Waals surface area (Å²) in [5.74, 6) is 0.259. The summed E-state index contributed by atoms with van der Waals surface area (Å²) < 4.78 is 23.7. The standard InChI is InChI=1S/C19H25N7O2S/c1-12(2)19(20)25-17(15-9-6-10-16(21-3)23-15)24-18(26-19)22-13-7-5-8-14(11-13)29(4,27)28/h5-12H,20H2,1-4H3,(H,21,23)(H2,22,24,25,26). The van der Waals surface area contributed by atoms with Crippen molar-refractivity contribution in [3.05, 3.63) is 48.2 Å². The van der Waals surface area contributed by atoms with Crippen LogP contribution < -0.4 is 21.7 Å². The Labute approximate surface area is 170 Å². The fourth-order valence-corrected chi connectivity index (χ4v) is 3.31. The highest BCUT2D eigenvalue weighted by atomic mass is 32.2. The molecule has 1 atom stereocenters. The van der Waals surface area contributed by atoms with E-state index in [0.717, 1.165) is 6.26 Å². The van der Waals surface area contributed by atoms with Crippen molar-refractivity contribution >= 4 is 33.1 Å². The number of aromatic nitrogens is 1. The maximum atomic E-state index is 11.8. The summed E-state index contributed by atoms with van der Waals surface area (Å²) in [6, 6.07) is 12.0. The Morgan fingerprint density at radius 3 is 2.55 bits per heavy atom. The molecule has 1 aromatic heterocycles. The van der Waals surface area contributed by atoms with E-state index >= 15 is 0 Å². The van der Waals surface area contributed by atoms with E-state index in [4.69, 9.17) is 5.73 Å². The van der Waals surface area contributed by atoms with Gasteiger partial charge in [-0.3, -0.25) is 5.73 Å². The van der Waals surface area contributed by atoms with Gasteiger partial charge in [0.25, 0.3) is 0 Å². The minimum absolute atomic E-state index is 0.0559. The molecule has 1 unspecified atom stereocenters. The number of pyridine rings is 1. The second kappa shape index (κ2) is 7.80. The van der Waals surface area contributed by atoms with Crippen molar-refractivity contribution < 1.29 is 8.42 Å². The minimum Gasteiger partial charge on any atom is -0.373 e. The molecule has 10 heteroatoms. The lowest BCUT2D eigenvalue weighted by atomic mass is 10.1. The molecule has 0 amide bonds. The molecule has 1 aliphatic rings. The number of anilines is 2. The molecule has 0 saturated carbocycles. The van der Waals surface area contributed by atoms with Gasteiger partial charge in [0.2, 0.25) is 5.96 Å². The fraction of sp³-hybridized carbons (Fsp3) is 0.316. The van der Waals surface area contributed by atoms with Crippen molar-refractivity contribution in [3.63, 3.8) is 0 Å². The summed E-state index contributed by atoms with van der Waals surface area (Å²) in [6.45, 7) is 3.89. The Bertz CT molecular complexity index is 1080. The van der Waals surface area contributed by atoms with Gasteiger partial charge in [-0.15, -0.1) is 0 Å². The lowest BCUT2D eigenvalue weighted by Gasteiger charge is -2.34. The maximum absolute atomic E-state index is 11.8. The lowest BCUT2D eigenvalue weighted by Crippen LogP contribution is -2.61. The topological polar surface area (TPSA) is 134 Å². The molecule has 0 aliphatic carbocycles. The third-order valence-electron chi connectivity index (χ3n) is 4.47. The van der Waals surface area contributed by atoms with Crippen molar-refractivity contribution in [2.24, 2.45) is 21.6 Å². The van der Waals surface area contributed by atoms with Crippen LogP contribution in [0, 0.1) is 5.92 Å². The average molecular weight is 416 g/mol. The van der Waals surface area contributed by atoms with Crippen LogP contribution in [0.4, 0.5) is 11.5 Å². The van der Waals surface area contributed by atoms with Gasteiger partial charge in [0.05, 0.1) is 4.90 Å². The fourth-order valence-electron chi connectivity index (χ4n) is 2.64. The first-order valence-corrected chi connectivity index (χ1v) is 11.0. The maximum Gasteiger partial charge on any atom is 0.228 e. The number of aliphatic imine (C=N–C) groups is 2. The number of hydrogen-bond acceptors (Lipinski definition) is 9. The third kappa shape index (κ3) is 4.72. The van der Waals surface area contributed by atoms with E-state index in [1.54, 1.807) is 19.2 Å². The summed E-state index contributed by atoms with van der Waals surface area (Å²) >= 11 is 0. The molecule has 0 fully saturated rings. The number of hydrogen-bond donors (Lipinski definition) is 4. The smallest absolute Gasteiger partial charge is 0.228 e. The number of nitrogens with two attached hydrogens (primary N) is 1. The second-order valence-corrected chi connectivity index (χ2v) is 9.10. The molecule has 0 bridgehead atoms. The van der Waals surface area contributed by atoms with Gasteiger partial charge < -0.3 is 16.0 Å². The first-order valence-electron chi connectivity index (χ1n) is 9.08. The highest BCUT2D eigenvalue weighted by Gasteiger charge is 2.34. The summed E-state index contributed by atoms with van der Waals surface area (Å²) in [7, 11) is -1.55. The zero-order valence-corrected chi connectivity index (χ0v) is 17.6. The summed E-state index contributed by atoms with van der Waals surface area (Å²) in [5.41, 5.74) is 7.63. The molecule has 3 rings (SSSR count). The average Bonchev–Trinajstić information content (AvgIpc) is 2.67. The van der Waals surface area contributed by atoms with Crippen molar-refractivity contribution in [3.8, 4) is 0 Å². The molecular formula is C19H25N7O2S. The van der Waals surface area contributed by atoms with Crippen molar-refractivity contribution in [2.45, 2.75) is 24.5 Å². The van der Waals surface area contributed by atoms with Crippen LogP contribution in [0.5, 0.6) is 0 Å². The van der Waals surface area contributed by atoms with E-state index in [-0.39, 0.29) is 16.8 Å². The Morgan fingerprint density at radius 2 is 1.90 bits per heavy atom. The lowest BCUT2D eigenvalue weighted by molar-refractivity contribution is 0.294. The second-order valence-electron chi connectivity index (χ2n) is 7.08. The van der Waals surface area contributed by atoms with Crippen molar-refractivity contribution in [2.75, 3.05) is 23.9 Å². The third-order valence-corrected chi connectivity index (χ3v) is 5.58. The molecular weight excluding hydrogens is 390 g/mol. The van der Waals surface area contributed by atoms with Gasteiger partial charge in [-0.25, -0.2) is 18.4 Å². The number of rotatable bonds is 5. The number of nitrogens with zero attached hydrogens (tertiary/aromatic N) is 3. The normalized spacial score (nSPS) is 19.2. The van der Waals surface area contributed by atoms with Crippen LogP contribution in [0.25, 0.3) is 0 Å². The van der Waals surface area contributed by atoms with Crippen LogP contribution in [0.15, 0.2) is 57.3 Å². The van der Waals surface area contributed by atoms with E-state index in [1.807, 2.05) is 32.0 Å². The van der Waals surface area contributed by atoms with Crippen LogP contribution >= 0.6 is 0 Å². The van der Waals surface area contributed by atoms with Gasteiger partial charge in [0.1, 0.15) is 11.5 Å². The SMILES string of the molecule is CNc1cccc(C2=NC(Nc3cccc(S(C)(=O)=O)c3)=NC(N)(C(C)C)N2)n1. The first kappa shape index (κ1) is 20.7. The van der Waals surface area contributed by atoms with E-state index in [0.29, 0.717) is 23.0 Å². The zero-order chi connectivity index (χ0) is 21.2. The van der Waals surface area contributed by atoms with Crippen molar-refractivity contribution in [1.82, 2.24) is 10.3 Å². The van der Waals surface area contributed by atoms with Crippen LogP contribution in [-0.4, -0.2) is 44.3 Å². The molecule has 2 heterocycles. The van der Waals surface area contributed by atoms with Gasteiger partial charge in [0, 0.05) is 24.9 Å². The van der Waals surface area contributed by atoms with Gasteiger partial charge in [0.15, 0.2) is 21.5 Å². The quantitative estimate of drug-likeness (QED) is 0.583. The largest absolute Gasteiger partial charge is 0.373 e. The number of nitrogens with one attached hydrogen (secondary N) is 3. The predicted octanol–water partition coefficient (Wildman–Crippen LogP) is 1.61. The molecule has 154 valence electrons. The predicted molar refractivity (Wildman–Crippen MR) is 116 cm³/mol. The van der Waals surface area contributed by atoms with E-state index in [2.05, 4.69) is 30.9 Å². The van der Waals surface area contributed by atoms with Crippen LogP contribution in [-0.2, 0) is 9.84 Å². The zero-order valence-electron chi connectivity index (χ0n) is 16.8. The van der Waals surface area contributed by atoms with E-state index in [1.165, 1.54) is 12.1 Å². The molecule has 0 saturated heterocycles. The summed E-state index contributed by atoms with van der Waals surface area (Å²) in [6.07, 6.45) is 1.16. The van der Waals surface area contributed by atoms with E-state index in [9.17, 15) is 8.42 Å². The Balaban J connectivity index is 2.01. The Hall–Kier alpha value is -2.98. The number of guanidine groups is 1. The first-order chi connectivity index (χ1) is 13.6. The van der Waals surface area contributed by atoms with Crippen LogP contribution in [0.3, 0.4) is 0 Å². The number of benzene rings is 1. The molecule has 9 nitrogen and oxygen atoms in total. The molecule has 29 heavy (non-hydrogen) atoms. The van der Waals surface area contributed by atoms with Gasteiger partial charge in [-0.1, -0.05) is 26.0 Å². The molecule has 1 aromatic carbocycles. The molecule has 0 radical (unpaired) electrons. The Morgan fingerprint density at radius 1 is 1.17 bits per heavy atom. The van der Waals surface area contributed by atoms with Crippen LogP contribution in [0.1, 0.15) is 19.5 Å². The van der Waals surface area contributed by atoms with E-state index < -0.39 is 15.6 Å². The summed E-state index contributed by atoms with van der Waals surface area (Å²) in [5, 5.41) is 9.22. The van der Waals surface area contributed by atoms with Gasteiger partial charge in [-0.2, -0.15) is 4.99 Å². The molecule has 5 N–H and O–H groups in total. The highest BCUT2D eigenvalue weighted by molar-refractivity contribution is 7.90. The molecule has 2 aromatic rings. The highest BCUT2D eigenvalue weighted by Crippen LogP contribution is 2.20. The Kier molecular flexibility index (Phi) is 5.58. The molecule has 0 spiro atoms. The van der Waals surface area contributed by atoms with Gasteiger partial charge >= 0.3 is 0 Å². The van der Waals surface area contributed by atoms with Crippen LogP contribution in [0.2, 0.25) is 0 Å². The number of sulfone groups is 1. The summed E-state index contributed by atoms with van der Waals surface area (Å²) in [4.78, 5) is 13.7. The monoisotopic (exact) mass is 415 g/mol.